The van der Waals surface area contributed by atoms with Crippen LogP contribution in [0.5, 0.6) is 0 Å². The van der Waals surface area contributed by atoms with Crippen molar-refractivity contribution in [3.05, 3.63) is 35.4 Å². The lowest BCUT2D eigenvalue weighted by Crippen LogP contribution is -2.41. The minimum atomic E-state index is -0.317. The van der Waals surface area contributed by atoms with Gasteiger partial charge in [0.25, 0.3) is 0 Å². The second-order valence-electron chi connectivity index (χ2n) is 4.51. The van der Waals surface area contributed by atoms with Crippen molar-refractivity contribution in [2.24, 2.45) is 5.73 Å². The van der Waals surface area contributed by atoms with Gasteiger partial charge in [-0.25, -0.2) is 4.79 Å². The first-order valence-corrected chi connectivity index (χ1v) is 6.46. The van der Waals surface area contributed by atoms with Crippen LogP contribution in [0.25, 0.3) is 0 Å². The molecule has 1 aliphatic rings. The van der Waals surface area contributed by atoms with E-state index in [1.807, 2.05) is 12.1 Å². The Kier molecular flexibility index (Phi) is 4.90. The lowest BCUT2D eigenvalue weighted by Gasteiger charge is -2.34. The number of nitrogens with zero attached hydrogens (tertiary/aromatic N) is 1. The van der Waals surface area contributed by atoms with Crippen molar-refractivity contribution >= 4 is 5.97 Å². The number of rotatable bonds is 4. The number of hydrogen-bond acceptors (Lipinski definition) is 5. The summed E-state index contributed by atoms with van der Waals surface area (Å²) in [7, 11) is 1.38. The minimum absolute atomic E-state index is 0.176. The van der Waals surface area contributed by atoms with Crippen LogP contribution in [0.3, 0.4) is 0 Å². The quantitative estimate of drug-likeness (QED) is 0.815. The fourth-order valence-electron chi connectivity index (χ4n) is 2.34. The van der Waals surface area contributed by atoms with E-state index >= 15 is 0 Å². The molecule has 0 saturated carbocycles. The van der Waals surface area contributed by atoms with Gasteiger partial charge in [0.05, 0.1) is 25.9 Å². The zero-order valence-corrected chi connectivity index (χ0v) is 11.2. The molecule has 1 aliphatic heterocycles. The van der Waals surface area contributed by atoms with Crippen molar-refractivity contribution in [2.45, 2.75) is 6.04 Å². The van der Waals surface area contributed by atoms with E-state index in [1.54, 1.807) is 12.1 Å². The van der Waals surface area contributed by atoms with E-state index in [4.69, 9.17) is 10.5 Å². The van der Waals surface area contributed by atoms with Gasteiger partial charge in [-0.3, -0.25) is 4.90 Å². The Hall–Kier alpha value is -1.43. The van der Waals surface area contributed by atoms with Crippen molar-refractivity contribution < 1.29 is 14.3 Å². The zero-order chi connectivity index (χ0) is 13.7. The lowest BCUT2D eigenvalue weighted by molar-refractivity contribution is 0.0179. The standard InChI is InChI=1S/C14H20N2O3/c1-18-14(17)12-4-2-11(3-5-12)13(10-15)16-6-8-19-9-7-16/h2-5,13H,6-10,15H2,1H3. The Bertz CT molecular complexity index is 413. The summed E-state index contributed by atoms with van der Waals surface area (Å²) in [5.41, 5.74) is 7.57. The van der Waals surface area contributed by atoms with Crippen LogP contribution >= 0.6 is 0 Å². The average Bonchev–Trinajstić information content (AvgIpc) is 2.49. The molecule has 5 heteroatoms. The minimum Gasteiger partial charge on any atom is -0.465 e. The molecule has 19 heavy (non-hydrogen) atoms. The highest BCUT2D eigenvalue weighted by molar-refractivity contribution is 5.89. The van der Waals surface area contributed by atoms with E-state index in [0.29, 0.717) is 12.1 Å². The lowest BCUT2D eigenvalue weighted by atomic mass is 10.0. The highest BCUT2D eigenvalue weighted by Gasteiger charge is 2.21. The molecule has 2 rings (SSSR count). The molecule has 0 spiro atoms. The molecule has 2 N–H and O–H groups in total. The zero-order valence-electron chi connectivity index (χ0n) is 11.2. The molecule has 0 aromatic heterocycles. The van der Waals surface area contributed by atoms with Gasteiger partial charge in [-0.1, -0.05) is 12.1 Å². The molecule has 5 nitrogen and oxygen atoms in total. The fourth-order valence-corrected chi connectivity index (χ4v) is 2.34. The predicted octanol–water partition coefficient (Wildman–Crippen LogP) is 0.805. The summed E-state index contributed by atoms with van der Waals surface area (Å²) < 4.78 is 10.0. The van der Waals surface area contributed by atoms with Crippen LogP contribution in [0.4, 0.5) is 0 Å². The summed E-state index contributed by atoms with van der Waals surface area (Å²) in [6.45, 7) is 3.83. The molecule has 0 amide bonds. The SMILES string of the molecule is COC(=O)c1ccc(C(CN)N2CCOCC2)cc1. The molecule has 0 radical (unpaired) electrons. The summed E-state index contributed by atoms with van der Waals surface area (Å²) in [5.74, 6) is -0.317. The maximum Gasteiger partial charge on any atom is 0.337 e. The van der Waals surface area contributed by atoms with E-state index in [9.17, 15) is 4.79 Å². The third-order valence-corrected chi connectivity index (χ3v) is 3.43. The smallest absolute Gasteiger partial charge is 0.337 e. The number of carbonyl (C=O) groups is 1. The third kappa shape index (κ3) is 3.32. The van der Waals surface area contributed by atoms with Crippen molar-refractivity contribution in [1.82, 2.24) is 4.90 Å². The van der Waals surface area contributed by atoms with Gasteiger partial charge in [-0.15, -0.1) is 0 Å². The Morgan fingerprint density at radius 1 is 1.37 bits per heavy atom. The molecule has 1 aromatic carbocycles. The van der Waals surface area contributed by atoms with Crippen LogP contribution in [0.2, 0.25) is 0 Å². The van der Waals surface area contributed by atoms with Crippen LogP contribution in [-0.4, -0.2) is 50.8 Å². The molecular weight excluding hydrogens is 244 g/mol. The Labute approximate surface area is 113 Å². The molecule has 1 unspecified atom stereocenters. The van der Waals surface area contributed by atoms with Gasteiger partial charge in [0.15, 0.2) is 0 Å². The fraction of sp³-hybridized carbons (Fsp3) is 0.500. The number of ether oxygens (including phenoxy) is 2. The second kappa shape index (κ2) is 6.65. The van der Waals surface area contributed by atoms with Crippen LogP contribution in [0.1, 0.15) is 22.0 Å². The van der Waals surface area contributed by atoms with Crippen molar-refractivity contribution in [3.8, 4) is 0 Å². The van der Waals surface area contributed by atoms with Gasteiger partial charge < -0.3 is 15.2 Å². The number of esters is 1. The summed E-state index contributed by atoms with van der Waals surface area (Å²) in [6, 6.07) is 7.63. The number of hydrogen-bond donors (Lipinski definition) is 1. The van der Waals surface area contributed by atoms with Gasteiger partial charge >= 0.3 is 5.97 Å². The monoisotopic (exact) mass is 264 g/mol. The van der Waals surface area contributed by atoms with Gasteiger partial charge in [0.1, 0.15) is 0 Å². The number of carbonyl (C=O) groups excluding carboxylic acids is 1. The van der Waals surface area contributed by atoms with Crippen molar-refractivity contribution in [3.63, 3.8) is 0 Å². The highest BCUT2D eigenvalue weighted by atomic mass is 16.5. The van der Waals surface area contributed by atoms with E-state index < -0.39 is 0 Å². The van der Waals surface area contributed by atoms with E-state index in [1.165, 1.54) is 7.11 Å². The summed E-state index contributed by atoms with van der Waals surface area (Å²) in [6.07, 6.45) is 0. The van der Waals surface area contributed by atoms with Gasteiger partial charge in [0, 0.05) is 25.7 Å². The highest BCUT2D eigenvalue weighted by Crippen LogP contribution is 2.21. The van der Waals surface area contributed by atoms with Crippen LogP contribution < -0.4 is 5.73 Å². The van der Waals surface area contributed by atoms with E-state index in [0.717, 1.165) is 31.9 Å². The van der Waals surface area contributed by atoms with Crippen LogP contribution in [0.15, 0.2) is 24.3 Å². The Balaban J connectivity index is 2.12. The largest absolute Gasteiger partial charge is 0.465 e. The molecule has 0 aliphatic carbocycles. The molecule has 1 atom stereocenters. The third-order valence-electron chi connectivity index (χ3n) is 3.43. The average molecular weight is 264 g/mol. The normalized spacial score (nSPS) is 18.0. The van der Waals surface area contributed by atoms with Crippen LogP contribution in [-0.2, 0) is 9.47 Å². The molecule has 104 valence electrons. The van der Waals surface area contributed by atoms with E-state index in [-0.39, 0.29) is 12.0 Å². The molecular formula is C14H20N2O3. The second-order valence-corrected chi connectivity index (χ2v) is 4.51. The first kappa shape index (κ1) is 14.0. The molecule has 1 heterocycles. The Morgan fingerprint density at radius 3 is 2.53 bits per heavy atom. The number of methoxy groups -OCH3 is 1. The van der Waals surface area contributed by atoms with Crippen LogP contribution in [0, 0.1) is 0 Å². The number of benzene rings is 1. The van der Waals surface area contributed by atoms with Crippen molar-refractivity contribution in [1.29, 1.82) is 0 Å². The number of nitrogens with two attached hydrogens (primary N) is 1. The first-order valence-electron chi connectivity index (χ1n) is 6.46. The summed E-state index contributed by atoms with van der Waals surface area (Å²) in [4.78, 5) is 13.7. The summed E-state index contributed by atoms with van der Waals surface area (Å²) in [5, 5.41) is 0. The molecule has 1 fully saturated rings. The maximum absolute atomic E-state index is 11.4. The summed E-state index contributed by atoms with van der Waals surface area (Å²) >= 11 is 0. The molecule has 1 saturated heterocycles. The van der Waals surface area contributed by atoms with Gasteiger partial charge in [-0.2, -0.15) is 0 Å². The van der Waals surface area contributed by atoms with Crippen molar-refractivity contribution in [2.75, 3.05) is 40.0 Å². The Morgan fingerprint density at radius 2 is 2.00 bits per heavy atom. The van der Waals surface area contributed by atoms with Gasteiger partial charge in [-0.05, 0) is 17.7 Å². The first-order chi connectivity index (χ1) is 9.26. The van der Waals surface area contributed by atoms with E-state index in [2.05, 4.69) is 9.64 Å². The molecule has 0 bridgehead atoms. The topological polar surface area (TPSA) is 64.8 Å². The number of morpholine rings is 1. The predicted molar refractivity (Wildman–Crippen MR) is 72.0 cm³/mol. The van der Waals surface area contributed by atoms with Gasteiger partial charge in [0.2, 0.25) is 0 Å². The maximum atomic E-state index is 11.4. The molecule has 1 aromatic rings.